The van der Waals surface area contributed by atoms with Crippen molar-refractivity contribution in [3.8, 4) is 23.0 Å². The minimum absolute atomic E-state index is 0.00336. The molecule has 0 aliphatic rings. The van der Waals surface area contributed by atoms with Gasteiger partial charge in [-0.1, -0.05) is 28.9 Å². The second-order valence-corrected chi connectivity index (χ2v) is 5.97. The van der Waals surface area contributed by atoms with E-state index < -0.39 is 5.97 Å². The second-order valence-electron chi connectivity index (χ2n) is 5.54. The van der Waals surface area contributed by atoms with Gasteiger partial charge in [0.05, 0.1) is 6.61 Å². The highest BCUT2D eigenvalue weighted by Gasteiger charge is 2.16. The molecule has 1 amide bonds. The van der Waals surface area contributed by atoms with Gasteiger partial charge in [-0.3, -0.25) is 9.59 Å². The average Bonchev–Trinajstić information content (AvgIpc) is 3.29. The summed E-state index contributed by atoms with van der Waals surface area (Å²) in [4.78, 5) is 27.7. The van der Waals surface area contributed by atoms with Gasteiger partial charge in [-0.05, 0) is 31.2 Å². The van der Waals surface area contributed by atoms with Crippen LogP contribution in [0.1, 0.15) is 6.92 Å². The molecule has 140 valence electrons. The quantitative estimate of drug-likeness (QED) is 0.624. The van der Waals surface area contributed by atoms with Crippen LogP contribution >= 0.6 is 11.6 Å². The average molecular weight is 389 g/mol. The topological polar surface area (TPSA) is 99.2 Å². The first-order valence-corrected chi connectivity index (χ1v) is 8.62. The van der Waals surface area contributed by atoms with Crippen LogP contribution in [0.15, 0.2) is 47.1 Å². The maximum atomic E-state index is 12.0. The van der Waals surface area contributed by atoms with Crippen molar-refractivity contribution in [1.29, 1.82) is 0 Å². The zero-order chi connectivity index (χ0) is 19.2. The Bertz CT molecular complexity index is 950. The number of benzene rings is 1. The minimum atomic E-state index is -0.485. The van der Waals surface area contributed by atoms with Crippen molar-refractivity contribution < 1.29 is 18.8 Å². The lowest BCUT2D eigenvalue weighted by atomic mass is 10.2. The summed E-state index contributed by atoms with van der Waals surface area (Å²) in [6.45, 7) is 1.79. The van der Waals surface area contributed by atoms with Crippen LogP contribution in [-0.2, 0) is 20.9 Å². The van der Waals surface area contributed by atoms with Gasteiger partial charge in [-0.2, -0.15) is 4.98 Å². The fourth-order valence-corrected chi connectivity index (χ4v) is 2.60. The molecule has 1 N–H and O–H groups in total. The Balaban J connectivity index is 1.70. The third-order valence-electron chi connectivity index (χ3n) is 3.61. The van der Waals surface area contributed by atoms with E-state index in [2.05, 4.69) is 15.5 Å². The number of nitrogens with one attached hydrogen (secondary N) is 1. The molecule has 2 aromatic heterocycles. The summed E-state index contributed by atoms with van der Waals surface area (Å²) in [6, 6.07) is 10.6. The summed E-state index contributed by atoms with van der Waals surface area (Å²) in [5.41, 5.74) is 1.31. The largest absolute Gasteiger partial charge is 0.465 e. The van der Waals surface area contributed by atoms with E-state index in [4.69, 9.17) is 20.9 Å². The normalized spacial score (nSPS) is 10.6. The number of esters is 1. The minimum Gasteiger partial charge on any atom is -0.465 e. The number of carbonyl (C=O) groups is 2. The van der Waals surface area contributed by atoms with Crippen molar-refractivity contribution in [2.24, 2.45) is 0 Å². The molecule has 27 heavy (non-hydrogen) atoms. The Hall–Kier alpha value is -3.13. The Morgan fingerprint density at radius 1 is 1.30 bits per heavy atom. The molecule has 0 bridgehead atoms. The van der Waals surface area contributed by atoms with Crippen LogP contribution in [0, 0.1) is 0 Å². The van der Waals surface area contributed by atoms with Gasteiger partial charge in [0.25, 0.3) is 5.89 Å². The lowest BCUT2D eigenvalue weighted by Gasteiger charge is -2.07. The molecule has 2 heterocycles. The fraction of sp³-hybridized carbons (Fsp3) is 0.222. The van der Waals surface area contributed by atoms with Gasteiger partial charge in [-0.15, -0.1) is 0 Å². The van der Waals surface area contributed by atoms with E-state index >= 15 is 0 Å². The molecular weight excluding hydrogens is 372 g/mol. The number of carbonyl (C=O) groups excluding carboxylic acids is 2. The highest BCUT2D eigenvalue weighted by Crippen LogP contribution is 2.24. The van der Waals surface area contributed by atoms with E-state index in [1.54, 1.807) is 48.0 Å². The zero-order valence-corrected chi connectivity index (χ0v) is 15.3. The molecule has 3 rings (SSSR count). The van der Waals surface area contributed by atoms with Crippen molar-refractivity contribution in [2.45, 2.75) is 13.5 Å². The van der Waals surface area contributed by atoms with Crippen molar-refractivity contribution >= 4 is 23.5 Å². The molecule has 0 spiro atoms. The Labute approximate surface area is 160 Å². The molecule has 0 radical (unpaired) electrons. The van der Waals surface area contributed by atoms with Crippen LogP contribution in [0.4, 0.5) is 0 Å². The summed E-state index contributed by atoms with van der Waals surface area (Å²) < 4.78 is 11.7. The van der Waals surface area contributed by atoms with Gasteiger partial charge in [0.1, 0.15) is 18.8 Å². The van der Waals surface area contributed by atoms with E-state index in [-0.39, 0.29) is 31.5 Å². The molecule has 9 heteroatoms. The number of hydrogen-bond acceptors (Lipinski definition) is 6. The molecule has 0 aliphatic carbocycles. The van der Waals surface area contributed by atoms with Crippen LogP contribution < -0.4 is 5.32 Å². The summed E-state index contributed by atoms with van der Waals surface area (Å²) in [5, 5.41) is 7.04. The molecule has 0 atom stereocenters. The lowest BCUT2D eigenvalue weighted by Crippen LogP contribution is -2.33. The number of amides is 1. The predicted octanol–water partition coefficient (Wildman–Crippen LogP) is 2.54. The van der Waals surface area contributed by atoms with E-state index in [1.165, 1.54) is 0 Å². The van der Waals surface area contributed by atoms with Crippen LogP contribution in [-0.4, -0.2) is 39.7 Å². The van der Waals surface area contributed by atoms with Gasteiger partial charge in [-0.25, -0.2) is 0 Å². The van der Waals surface area contributed by atoms with E-state index in [0.717, 1.165) is 5.56 Å². The third kappa shape index (κ3) is 4.73. The smallest absolute Gasteiger partial charge is 0.325 e. The molecule has 1 aromatic carbocycles. The number of rotatable bonds is 7. The molecule has 0 saturated carbocycles. The molecule has 0 aliphatic heterocycles. The number of halogens is 1. The van der Waals surface area contributed by atoms with Gasteiger partial charge in [0.15, 0.2) is 0 Å². The lowest BCUT2D eigenvalue weighted by molar-refractivity contribution is -0.143. The summed E-state index contributed by atoms with van der Waals surface area (Å²) >= 11 is 5.99. The van der Waals surface area contributed by atoms with E-state index in [0.29, 0.717) is 16.5 Å². The standard InChI is InChI=1S/C18H17ClN4O4/c1-2-26-16(25)10-20-15(24)11-23-8-4-7-14(23)18-21-17(22-27-18)12-5-3-6-13(19)9-12/h3-9H,2,10-11H2,1H3,(H,20,24). The first-order chi connectivity index (χ1) is 13.1. The van der Waals surface area contributed by atoms with Crippen LogP contribution in [0.5, 0.6) is 0 Å². The van der Waals surface area contributed by atoms with Crippen molar-refractivity contribution in [3.05, 3.63) is 47.6 Å². The van der Waals surface area contributed by atoms with Gasteiger partial charge >= 0.3 is 5.97 Å². The first-order valence-electron chi connectivity index (χ1n) is 8.24. The first kappa shape index (κ1) is 18.7. The second kappa shape index (κ2) is 8.50. The Kier molecular flexibility index (Phi) is 5.87. The fourth-order valence-electron chi connectivity index (χ4n) is 2.41. The highest BCUT2D eigenvalue weighted by molar-refractivity contribution is 6.30. The highest BCUT2D eigenvalue weighted by atomic mass is 35.5. The van der Waals surface area contributed by atoms with Gasteiger partial charge in [0, 0.05) is 16.8 Å². The van der Waals surface area contributed by atoms with Crippen molar-refractivity contribution in [1.82, 2.24) is 20.0 Å². The summed E-state index contributed by atoms with van der Waals surface area (Å²) in [6.07, 6.45) is 1.71. The number of ether oxygens (including phenoxy) is 1. The SMILES string of the molecule is CCOC(=O)CNC(=O)Cn1cccc1-c1nc(-c2cccc(Cl)c2)no1. The third-order valence-corrected chi connectivity index (χ3v) is 3.84. The molecule has 0 fully saturated rings. The van der Waals surface area contributed by atoms with Crippen molar-refractivity contribution in [2.75, 3.05) is 13.2 Å². The maximum absolute atomic E-state index is 12.0. The van der Waals surface area contributed by atoms with E-state index in [1.807, 2.05) is 6.07 Å². The maximum Gasteiger partial charge on any atom is 0.325 e. The van der Waals surface area contributed by atoms with Gasteiger partial charge in [0.2, 0.25) is 11.7 Å². The van der Waals surface area contributed by atoms with Crippen LogP contribution in [0.2, 0.25) is 5.02 Å². The molecule has 3 aromatic rings. The molecular formula is C18H17ClN4O4. The summed E-state index contributed by atoms with van der Waals surface area (Å²) in [7, 11) is 0. The summed E-state index contributed by atoms with van der Waals surface area (Å²) in [5.74, 6) is -0.156. The number of hydrogen-bond donors (Lipinski definition) is 1. The van der Waals surface area contributed by atoms with Crippen LogP contribution in [0.25, 0.3) is 23.0 Å². The molecule has 0 unspecified atom stereocenters. The zero-order valence-electron chi connectivity index (χ0n) is 14.5. The van der Waals surface area contributed by atoms with Crippen molar-refractivity contribution in [3.63, 3.8) is 0 Å². The predicted molar refractivity (Wildman–Crippen MR) is 97.8 cm³/mol. The number of nitrogens with zero attached hydrogens (tertiary/aromatic N) is 3. The molecule has 0 saturated heterocycles. The monoisotopic (exact) mass is 388 g/mol. The Morgan fingerprint density at radius 3 is 2.93 bits per heavy atom. The van der Waals surface area contributed by atoms with E-state index in [9.17, 15) is 9.59 Å². The van der Waals surface area contributed by atoms with Crippen LogP contribution in [0.3, 0.4) is 0 Å². The Morgan fingerprint density at radius 2 is 2.15 bits per heavy atom. The molecule has 8 nitrogen and oxygen atoms in total. The van der Waals surface area contributed by atoms with Gasteiger partial charge < -0.3 is 19.1 Å². The number of aromatic nitrogens is 3.